The number of amides is 1. The van der Waals surface area contributed by atoms with Crippen molar-refractivity contribution in [1.29, 1.82) is 0 Å². The Bertz CT molecular complexity index is 671. The molecule has 0 aliphatic heterocycles. The summed E-state index contributed by atoms with van der Waals surface area (Å²) in [7, 11) is 3.02. The number of hydrogen-bond acceptors (Lipinski definition) is 5. The molecule has 6 heteroatoms. The first kappa shape index (κ1) is 14.5. The third-order valence-electron chi connectivity index (χ3n) is 2.93. The molecule has 110 valence electrons. The Morgan fingerprint density at radius 3 is 2.43 bits per heavy atom. The Labute approximate surface area is 122 Å². The van der Waals surface area contributed by atoms with Gasteiger partial charge < -0.3 is 25.6 Å². The molecule has 2 rings (SSSR count). The molecule has 0 fully saturated rings. The van der Waals surface area contributed by atoms with Gasteiger partial charge in [0, 0.05) is 11.6 Å². The highest BCUT2D eigenvalue weighted by Crippen LogP contribution is 2.28. The number of benzene rings is 2. The summed E-state index contributed by atoms with van der Waals surface area (Å²) in [5.74, 6) is 0.701. The number of nitrogen functional groups attached to an aromatic ring is 1. The number of aromatic hydroxyl groups is 1. The fraction of sp³-hybridized carbons (Fsp3) is 0.133. The van der Waals surface area contributed by atoms with Crippen molar-refractivity contribution >= 4 is 17.3 Å². The van der Waals surface area contributed by atoms with Crippen molar-refractivity contribution in [2.24, 2.45) is 0 Å². The molecule has 0 unspecified atom stereocenters. The van der Waals surface area contributed by atoms with Crippen LogP contribution in [0.1, 0.15) is 10.4 Å². The average Bonchev–Trinajstić information content (AvgIpc) is 2.49. The van der Waals surface area contributed by atoms with Gasteiger partial charge in [0.05, 0.1) is 25.6 Å². The van der Waals surface area contributed by atoms with E-state index in [-0.39, 0.29) is 17.3 Å². The van der Waals surface area contributed by atoms with Gasteiger partial charge in [-0.3, -0.25) is 4.79 Å². The van der Waals surface area contributed by atoms with E-state index < -0.39 is 0 Å². The lowest BCUT2D eigenvalue weighted by atomic mass is 10.1. The summed E-state index contributed by atoms with van der Waals surface area (Å²) in [6.45, 7) is 0. The maximum Gasteiger partial charge on any atom is 0.255 e. The molecule has 2 aromatic rings. The van der Waals surface area contributed by atoms with Crippen LogP contribution in [-0.4, -0.2) is 25.2 Å². The Morgan fingerprint density at radius 2 is 1.81 bits per heavy atom. The SMILES string of the molecule is COc1ccc(C(=O)Nc2ccc(O)cc2N)cc1OC. The van der Waals surface area contributed by atoms with E-state index in [0.29, 0.717) is 22.7 Å². The minimum absolute atomic E-state index is 0.0385. The molecule has 4 N–H and O–H groups in total. The molecule has 21 heavy (non-hydrogen) atoms. The smallest absolute Gasteiger partial charge is 0.255 e. The molecular formula is C15H16N2O4. The third kappa shape index (κ3) is 3.17. The summed E-state index contributed by atoms with van der Waals surface area (Å²) in [4.78, 5) is 12.2. The predicted molar refractivity (Wildman–Crippen MR) is 80.0 cm³/mol. The highest BCUT2D eigenvalue weighted by molar-refractivity contribution is 6.06. The molecule has 0 saturated heterocycles. The first-order valence-corrected chi connectivity index (χ1v) is 6.17. The highest BCUT2D eigenvalue weighted by Gasteiger charge is 2.12. The minimum Gasteiger partial charge on any atom is -0.508 e. The maximum atomic E-state index is 12.2. The number of phenols is 1. The summed E-state index contributed by atoms with van der Waals surface area (Å²) in [5, 5.41) is 12.0. The van der Waals surface area contributed by atoms with Gasteiger partial charge in [0.1, 0.15) is 5.75 Å². The van der Waals surface area contributed by atoms with Crippen molar-refractivity contribution in [1.82, 2.24) is 0 Å². The van der Waals surface area contributed by atoms with Gasteiger partial charge in [0.25, 0.3) is 5.91 Å². The lowest BCUT2D eigenvalue weighted by Crippen LogP contribution is -2.13. The Kier molecular flexibility index (Phi) is 4.18. The summed E-state index contributed by atoms with van der Waals surface area (Å²) < 4.78 is 10.3. The molecule has 6 nitrogen and oxygen atoms in total. The molecule has 0 aromatic heterocycles. The second-order valence-electron chi connectivity index (χ2n) is 4.30. The standard InChI is InChI=1S/C15H16N2O4/c1-20-13-6-3-9(7-14(13)21-2)15(19)17-12-5-4-10(18)8-11(12)16/h3-8,18H,16H2,1-2H3,(H,17,19). The average molecular weight is 288 g/mol. The van der Waals surface area contributed by atoms with Crippen molar-refractivity contribution in [3.63, 3.8) is 0 Å². The molecule has 2 aromatic carbocycles. The second kappa shape index (κ2) is 6.04. The van der Waals surface area contributed by atoms with Crippen LogP contribution in [0.4, 0.5) is 11.4 Å². The third-order valence-corrected chi connectivity index (χ3v) is 2.93. The Morgan fingerprint density at radius 1 is 1.10 bits per heavy atom. The van der Waals surface area contributed by atoms with Gasteiger partial charge in [0.15, 0.2) is 11.5 Å². The number of anilines is 2. The van der Waals surface area contributed by atoms with Gasteiger partial charge in [-0.15, -0.1) is 0 Å². The van der Waals surface area contributed by atoms with Crippen LogP contribution in [0, 0.1) is 0 Å². The van der Waals surface area contributed by atoms with Gasteiger partial charge in [-0.1, -0.05) is 0 Å². The fourth-order valence-corrected chi connectivity index (χ4v) is 1.84. The van der Waals surface area contributed by atoms with E-state index in [1.54, 1.807) is 18.2 Å². The molecule has 0 bridgehead atoms. The summed E-state index contributed by atoms with van der Waals surface area (Å²) >= 11 is 0. The topological polar surface area (TPSA) is 93.8 Å². The van der Waals surface area contributed by atoms with Gasteiger partial charge in [-0.05, 0) is 30.3 Å². The van der Waals surface area contributed by atoms with E-state index >= 15 is 0 Å². The first-order valence-electron chi connectivity index (χ1n) is 6.17. The number of carbonyl (C=O) groups is 1. The molecule has 0 aliphatic carbocycles. The minimum atomic E-state index is -0.339. The van der Waals surface area contributed by atoms with Crippen LogP contribution in [0.15, 0.2) is 36.4 Å². The van der Waals surface area contributed by atoms with Gasteiger partial charge in [-0.2, -0.15) is 0 Å². The van der Waals surface area contributed by atoms with E-state index in [4.69, 9.17) is 15.2 Å². The molecule has 0 heterocycles. The molecule has 0 saturated carbocycles. The van der Waals surface area contributed by atoms with Crippen LogP contribution < -0.4 is 20.5 Å². The van der Waals surface area contributed by atoms with Gasteiger partial charge in [-0.25, -0.2) is 0 Å². The van der Waals surface area contributed by atoms with E-state index in [1.807, 2.05) is 0 Å². The van der Waals surface area contributed by atoms with Crippen LogP contribution in [0.25, 0.3) is 0 Å². The number of carbonyl (C=O) groups excluding carboxylic acids is 1. The van der Waals surface area contributed by atoms with E-state index in [2.05, 4.69) is 5.32 Å². The van der Waals surface area contributed by atoms with Crippen molar-refractivity contribution in [3.05, 3.63) is 42.0 Å². The quantitative estimate of drug-likeness (QED) is 0.592. The number of nitrogens with two attached hydrogens (primary N) is 1. The largest absolute Gasteiger partial charge is 0.508 e. The number of rotatable bonds is 4. The van der Waals surface area contributed by atoms with Crippen molar-refractivity contribution < 1.29 is 19.4 Å². The highest BCUT2D eigenvalue weighted by atomic mass is 16.5. The number of phenolic OH excluding ortho intramolecular Hbond substituents is 1. The maximum absolute atomic E-state index is 12.2. The molecule has 0 aliphatic rings. The summed E-state index contributed by atoms with van der Waals surface area (Å²) in [6.07, 6.45) is 0. The number of nitrogens with one attached hydrogen (secondary N) is 1. The van der Waals surface area contributed by atoms with Crippen LogP contribution in [-0.2, 0) is 0 Å². The van der Waals surface area contributed by atoms with Crippen LogP contribution in [0.5, 0.6) is 17.2 Å². The zero-order valence-electron chi connectivity index (χ0n) is 11.7. The normalized spacial score (nSPS) is 10.0. The Balaban J connectivity index is 2.24. The monoisotopic (exact) mass is 288 g/mol. The van der Waals surface area contributed by atoms with Crippen LogP contribution in [0.2, 0.25) is 0 Å². The fourth-order valence-electron chi connectivity index (χ4n) is 1.84. The molecule has 0 atom stereocenters. The first-order chi connectivity index (χ1) is 10.0. The Hall–Kier alpha value is -2.89. The van der Waals surface area contributed by atoms with E-state index in [1.165, 1.54) is 32.4 Å². The molecule has 0 radical (unpaired) electrons. The second-order valence-corrected chi connectivity index (χ2v) is 4.30. The number of methoxy groups -OCH3 is 2. The van der Waals surface area contributed by atoms with E-state index in [9.17, 15) is 9.90 Å². The lowest BCUT2D eigenvalue weighted by molar-refractivity contribution is 0.102. The van der Waals surface area contributed by atoms with Crippen molar-refractivity contribution in [3.8, 4) is 17.2 Å². The van der Waals surface area contributed by atoms with Crippen LogP contribution >= 0.6 is 0 Å². The zero-order valence-corrected chi connectivity index (χ0v) is 11.7. The summed E-state index contributed by atoms with van der Waals surface area (Å²) in [5.41, 5.74) is 6.84. The van der Waals surface area contributed by atoms with E-state index in [0.717, 1.165) is 0 Å². The number of hydrogen-bond donors (Lipinski definition) is 3. The van der Waals surface area contributed by atoms with Gasteiger partial charge >= 0.3 is 0 Å². The lowest BCUT2D eigenvalue weighted by Gasteiger charge is -2.11. The number of ether oxygens (including phenoxy) is 2. The van der Waals surface area contributed by atoms with Crippen molar-refractivity contribution in [2.75, 3.05) is 25.3 Å². The molecule has 1 amide bonds. The molecular weight excluding hydrogens is 272 g/mol. The zero-order chi connectivity index (χ0) is 15.4. The van der Waals surface area contributed by atoms with Crippen LogP contribution in [0.3, 0.4) is 0 Å². The molecule has 0 spiro atoms. The van der Waals surface area contributed by atoms with Gasteiger partial charge in [0.2, 0.25) is 0 Å². The van der Waals surface area contributed by atoms with Crippen molar-refractivity contribution in [2.45, 2.75) is 0 Å². The summed E-state index contributed by atoms with van der Waals surface area (Å²) in [6, 6.07) is 9.18. The predicted octanol–water partition coefficient (Wildman–Crippen LogP) is 2.24.